The average molecular weight is 783 g/mol. The molecule has 5 aromatic carbocycles. The Labute approximate surface area is 332 Å². The van der Waals surface area contributed by atoms with Crippen molar-refractivity contribution in [3.05, 3.63) is 155 Å². The fourth-order valence-corrected chi connectivity index (χ4v) is 9.68. The lowest BCUT2D eigenvalue weighted by Gasteiger charge is -2.50. The number of phenols is 1. The largest absolute Gasteiger partial charge is 0.504 e. The van der Waals surface area contributed by atoms with Crippen LogP contribution in [0.2, 0.25) is 5.02 Å². The molecule has 286 valence electrons. The topological polar surface area (TPSA) is 128 Å². The van der Waals surface area contributed by atoms with Crippen LogP contribution in [0, 0.1) is 29.5 Å². The zero-order valence-corrected chi connectivity index (χ0v) is 31.3. The van der Waals surface area contributed by atoms with Crippen LogP contribution in [0.3, 0.4) is 0 Å². The minimum absolute atomic E-state index is 0.0766. The Balaban J connectivity index is 1.16. The number of benzene rings is 5. The van der Waals surface area contributed by atoms with Crippen LogP contribution in [0.5, 0.6) is 11.5 Å². The Morgan fingerprint density at radius 1 is 0.789 bits per heavy atom. The van der Waals surface area contributed by atoms with Crippen LogP contribution in [0.1, 0.15) is 29.9 Å². The molecule has 2 saturated heterocycles. The molecule has 10 nitrogen and oxygen atoms in total. The number of phenolic OH excluding ortho intramolecular Hbond substituents is 1. The van der Waals surface area contributed by atoms with Gasteiger partial charge in [-0.15, -0.1) is 0 Å². The van der Waals surface area contributed by atoms with Gasteiger partial charge in [-0.1, -0.05) is 59.6 Å². The molecule has 0 spiro atoms. The average Bonchev–Trinajstić information content (AvgIpc) is 3.60. The van der Waals surface area contributed by atoms with Gasteiger partial charge in [-0.2, -0.15) is 5.01 Å². The number of methoxy groups -OCH3 is 1. The smallest absolute Gasteiger partial charge is 0.260 e. The standard InChI is InChI=1S/C45H36ClFN4O6/c1-57-38-22-7-25(23-37(38)52)40-33-20-21-34-39(43(55)50(41(34)53)32-18-16-30(17-19-32)48-29-5-3-2-4-6-29)35(33)24-36-42(54)51(49-31-14-12-28(47)13-15-31)44(56)45(36,40)26-8-10-27(46)11-9-26/h2-20,22-23,34-36,39-40,48-49,52H,21,24H2,1H3. The summed E-state index contributed by atoms with van der Waals surface area (Å²) in [6.45, 7) is 0. The Morgan fingerprint density at radius 3 is 2.16 bits per heavy atom. The third kappa shape index (κ3) is 5.75. The highest BCUT2D eigenvalue weighted by Crippen LogP contribution is 2.64. The van der Waals surface area contributed by atoms with E-state index in [1.54, 1.807) is 48.5 Å². The van der Waals surface area contributed by atoms with Gasteiger partial charge in [-0.3, -0.25) is 29.5 Å². The van der Waals surface area contributed by atoms with E-state index in [0.717, 1.165) is 22.0 Å². The Hall–Kier alpha value is -6.46. The van der Waals surface area contributed by atoms with Crippen LogP contribution in [0.4, 0.5) is 27.1 Å². The lowest BCUT2D eigenvalue weighted by molar-refractivity contribution is -0.138. The second-order valence-corrected chi connectivity index (χ2v) is 15.3. The highest BCUT2D eigenvalue weighted by atomic mass is 35.5. The van der Waals surface area contributed by atoms with E-state index in [9.17, 15) is 23.9 Å². The number of allylic oxidation sites excluding steroid dienone is 2. The van der Waals surface area contributed by atoms with Crippen molar-refractivity contribution in [1.29, 1.82) is 0 Å². The predicted octanol–water partition coefficient (Wildman–Crippen LogP) is 8.13. The van der Waals surface area contributed by atoms with Crippen molar-refractivity contribution in [2.24, 2.45) is 23.7 Å². The van der Waals surface area contributed by atoms with Crippen LogP contribution >= 0.6 is 11.6 Å². The van der Waals surface area contributed by atoms with Crippen molar-refractivity contribution in [1.82, 2.24) is 5.01 Å². The summed E-state index contributed by atoms with van der Waals surface area (Å²) in [6.07, 6.45) is 2.25. The number of fused-ring (bicyclic) bond motifs is 4. The monoisotopic (exact) mass is 782 g/mol. The van der Waals surface area contributed by atoms with Gasteiger partial charge in [0.25, 0.3) is 11.8 Å². The van der Waals surface area contributed by atoms with E-state index in [1.807, 2.05) is 48.5 Å². The first-order valence-corrected chi connectivity index (χ1v) is 19.0. The summed E-state index contributed by atoms with van der Waals surface area (Å²) in [6, 6.07) is 33.7. The number of rotatable bonds is 8. The van der Waals surface area contributed by atoms with Crippen LogP contribution < -0.4 is 20.4 Å². The highest BCUT2D eigenvalue weighted by molar-refractivity contribution is 6.30. The molecule has 4 amide bonds. The Kier molecular flexibility index (Phi) is 8.85. The van der Waals surface area contributed by atoms with E-state index in [4.69, 9.17) is 16.3 Å². The highest BCUT2D eigenvalue weighted by Gasteiger charge is 2.70. The summed E-state index contributed by atoms with van der Waals surface area (Å²) in [5, 5.41) is 15.9. The number of anilines is 4. The van der Waals surface area contributed by atoms with Crippen molar-refractivity contribution in [3.63, 3.8) is 0 Å². The number of amides is 4. The molecule has 0 bridgehead atoms. The summed E-state index contributed by atoms with van der Waals surface area (Å²) < 4.78 is 19.3. The number of imide groups is 2. The first-order valence-electron chi connectivity index (χ1n) is 18.6. The van der Waals surface area contributed by atoms with Crippen LogP contribution in [0.15, 0.2) is 133 Å². The number of hydrogen-bond acceptors (Lipinski definition) is 8. The molecule has 9 rings (SSSR count). The third-order valence-corrected chi connectivity index (χ3v) is 12.2. The molecule has 3 fully saturated rings. The third-order valence-electron chi connectivity index (χ3n) is 12.0. The van der Waals surface area contributed by atoms with Crippen molar-refractivity contribution in [2.45, 2.75) is 24.2 Å². The fourth-order valence-electron chi connectivity index (χ4n) is 9.55. The van der Waals surface area contributed by atoms with Gasteiger partial charge in [0.15, 0.2) is 11.5 Å². The van der Waals surface area contributed by atoms with Gasteiger partial charge in [-0.05, 0) is 115 Å². The van der Waals surface area contributed by atoms with Crippen LogP contribution in [0.25, 0.3) is 0 Å². The molecular weight excluding hydrogens is 747 g/mol. The van der Waals surface area contributed by atoms with E-state index in [0.29, 0.717) is 27.5 Å². The molecule has 0 aromatic heterocycles. The molecule has 6 unspecified atom stereocenters. The van der Waals surface area contributed by atoms with Crippen molar-refractivity contribution in [2.75, 3.05) is 22.8 Å². The van der Waals surface area contributed by atoms with E-state index in [1.165, 1.54) is 42.3 Å². The quantitative estimate of drug-likeness (QED) is 0.106. The van der Waals surface area contributed by atoms with Crippen molar-refractivity contribution in [3.8, 4) is 11.5 Å². The summed E-state index contributed by atoms with van der Waals surface area (Å²) in [4.78, 5) is 60.4. The minimum atomic E-state index is -1.59. The summed E-state index contributed by atoms with van der Waals surface area (Å²) in [5.74, 6) is -6.30. The molecule has 4 aliphatic rings. The number of carbonyl (C=O) groups excluding carboxylic acids is 4. The normalized spacial score (nSPS) is 25.1. The number of para-hydroxylation sites is 1. The lowest BCUT2D eigenvalue weighted by Crippen LogP contribution is -2.53. The summed E-state index contributed by atoms with van der Waals surface area (Å²) in [5.41, 5.74) is 5.53. The number of ether oxygens (including phenoxy) is 1. The molecular formula is C45H36ClFN4O6. The summed E-state index contributed by atoms with van der Waals surface area (Å²) in [7, 11) is 1.43. The molecule has 2 aliphatic heterocycles. The first kappa shape index (κ1) is 36.2. The number of carbonyl (C=O) groups is 4. The number of nitrogens with zero attached hydrogens (tertiary/aromatic N) is 2. The van der Waals surface area contributed by atoms with E-state index in [2.05, 4.69) is 10.7 Å². The number of aromatic hydroxyl groups is 1. The van der Waals surface area contributed by atoms with Crippen LogP contribution in [-0.4, -0.2) is 40.9 Å². The Morgan fingerprint density at radius 2 is 1.47 bits per heavy atom. The van der Waals surface area contributed by atoms with Gasteiger partial charge < -0.3 is 15.2 Å². The van der Waals surface area contributed by atoms with E-state index < -0.39 is 52.6 Å². The molecule has 3 N–H and O–H groups in total. The number of nitrogens with one attached hydrogen (secondary N) is 2. The van der Waals surface area contributed by atoms with Crippen molar-refractivity contribution < 1.29 is 33.4 Å². The van der Waals surface area contributed by atoms with Crippen molar-refractivity contribution >= 4 is 58.0 Å². The van der Waals surface area contributed by atoms with Gasteiger partial charge in [0.1, 0.15) is 5.82 Å². The maximum atomic E-state index is 15.3. The molecule has 5 aromatic rings. The molecule has 12 heteroatoms. The number of hydrazine groups is 1. The molecule has 6 atom stereocenters. The maximum absolute atomic E-state index is 15.3. The minimum Gasteiger partial charge on any atom is -0.504 e. The summed E-state index contributed by atoms with van der Waals surface area (Å²) >= 11 is 6.38. The van der Waals surface area contributed by atoms with E-state index >= 15 is 4.79 Å². The zero-order valence-electron chi connectivity index (χ0n) is 30.6. The van der Waals surface area contributed by atoms with Gasteiger partial charge in [0.05, 0.1) is 41.7 Å². The molecule has 1 saturated carbocycles. The molecule has 2 aliphatic carbocycles. The van der Waals surface area contributed by atoms with Gasteiger partial charge in [-0.25, -0.2) is 4.39 Å². The van der Waals surface area contributed by atoms with E-state index in [-0.39, 0.29) is 36.2 Å². The lowest BCUT2D eigenvalue weighted by atomic mass is 9.49. The molecule has 0 radical (unpaired) electrons. The zero-order chi connectivity index (χ0) is 39.6. The fraction of sp³-hybridized carbons (Fsp3) is 0.200. The molecule has 2 heterocycles. The first-order chi connectivity index (χ1) is 27.6. The molecule has 57 heavy (non-hydrogen) atoms. The second-order valence-electron chi connectivity index (χ2n) is 14.9. The van der Waals surface area contributed by atoms with Gasteiger partial charge >= 0.3 is 0 Å². The maximum Gasteiger partial charge on any atom is 0.260 e. The SMILES string of the molecule is COc1ccc(C2C3=CCC4C(=O)N(c5ccc(Nc6ccccc6)cc5)C(=O)C4C3CC3C(=O)N(Nc4ccc(F)cc4)C(=O)C32c2ccc(Cl)cc2)cc1O. The number of hydrogen-bond donors (Lipinski definition) is 3. The van der Waals surface area contributed by atoms with Gasteiger partial charge in [0, 0.05) is 22.3 Å². The number of halogens is 2. The predicted molar refractivity (Wildman–Crippen MR) is 212 cm³/mol. The van der Waals surface area contributed by atoms with Crippen LogP contribution in [-0.2, 0) is 24.6 Å². The van der Waals surface area contributed by atoms with Gasteiger partial charge in [0.2, 0.25) is 11.8 Å². The Bertz CT molecular complexity index is 2460. The second kappa shape index (κ2) is 13.9.